The number of fused-ring (bicyclic) bond motifs is 1. The maximum Gasteiger partial charge on any atom is 0.0436 e. The summed E-state index contributed by atoms with van der Waals surface area (Å²) < 4.78 is 0. The summed E-state index contributed by atoms with van der Waals surface area (Å²) in [5.41, 5.74) is 3.21. The van der Waals surface area contributed by atoms with Gasteiger partial charge in [0, 0.05) is 25.6 Å². The lowest BCUT2D eigenvalue weighted by molar-refractivity contribution is 0.206. The molecule has 0 aromatic heterocycles. The summed E-state index contributed by atoms with van der Waals surface area (Å²) >= 11 is 0. The Morgan fingerprint density at radius 2 is 2.12 bits per heavy atom. The highest BCUT2D eigenvalue weighted by Gasteiger charge is 2.25. The van der Waals surface area contributed by atoms with Gasteiger partial charge in [0.1, 0.15) is 0 Å². The SMILES string of the molecule is CC(C)(CCO)CNCC1Cc2ccccc21. The number of aliphatic hydroxyl groups excluding tert-OH is 1. The molecule has 0 spiro atoms. The first kappa shape index (κ1) is 12.6. The molecular formula is C15H23NO. The second kappa shape index (κ2) is 5.19. The first-order valence-electron chi connectivity index (χ1n) is 6.52. The van der Waals surface area contributed by atoms with Crippen molar-refractivity contribution in [3.8, 4) is 0 Å². The molecule has 1 aliphatic carbocycles. The van der Waals surface area contributed by atoms with Crippen LogP contribution in [0.5, 0.6) is 0 Å². The zero-order valence-corrected chi connectivity index (χ0v) is 10.9. The highest BCUT2D eigenvalue weighted by atomic mass is 16.3. The van der Waals surface area contributed by atoms with Gasteiger partial charge in [0.05, 0.1) is 0 Å². The average molecular weight is 233 g/mol. The summed E-state index contributed by atoms with van der Waals surface area (Å²) in [5, 5.41) is 12.5. The van der Waals surface area contributed by atoms with Crippen molar-refractivity contribution in [3.05, 3.63) is 35.4 Å². The van der Waals surface area contributed by atoms with Gasteiger partial charge in [0.25, 0.3) is 0 Å². The fraction of sp³-hybridized carbons (Fsp3) is 0.600. The van der Waals surface area contributed by atoms with Crippen molar-refractivity contribution in [2.24, 2.45) is 5.41 Å². The summed E-state index contributed by atoms with van der Waals surface area (Å²) in [6.07, 6.45) is 2.07. The van der Waals surface area contributed by atoms with Crippen molar-refractivity contribution in [3.63, 3.8) is 0 Å². The smallest absolute Gasteiger partial charge is 0.0436 e. The average Bonchev–Trinajstić information content (AvgIpc) is 2.24. The second-order valence-electron chi connectivity index (χ2n) is 5.87. The minimum absolute atomic E-state index is 0.192. The quantitative estimate of drug-likeness (QED) is 0.790. The topological polar surface area (TPSA) is 32.3 Å². The van der Waals surface area contributed by atoms with E-state index in [2.05, 4.69) is 43.4 Å². The van der Waals surface area contributed by atoms with Crippen LogP contribution < -0.4 is 5.32 Å². The highest BCUT2D eigenvalue weighted by Crippen LogP contribution is 2.34. The Hall–Kier alpha value is -0.860. The number of aliphatic hydroxyl groups is 1. The van der Waals surface area contributed by atoms with Crippen LogP contribution in [-0.4, -0.2) is 24.8 Å². The molecule has 1 aromatic carbocycles. The Labute approximate surface area is 104 Å². The number of rotatable bonds is 6. The van der Waals surface area contributed by atoms with Gasteiger partial charge in [-0.15, -0.1) is 0 Å². The van der Waals surface area contributed by atoms with Gasteiger partial charge in [0.15, 0.2) is 0 Å². The molecule has 1 aliphatic rings. The molecule has 2 rings (SSSR count). The number of hydrogen-bond donors (Lipinski definition) is 2. The minimum atomic E-state index is 0.192. The monoisotopic (exact) mass is 233 g/mol. The summed E-state index contributed by atoms with van der Waals surface area (Å²) in [5.74, 6) is 0.691. The number of nitrogens with one attached hydrogen (secondary N) is 1. The van der Waals surface area contributed by atoms with Gasteiger partial charge >= 0.3 is 0 Å². The second-order valence-corrected chi connectivity index (χ2v) is 5.87. The fourth-order valence-electron chi connectivity index (χ4n) is 2.52. The summed E-state index contributed by atoms with van der Waals surface area (Å²) in [6.45, 7) is 6.72. The molecule has 0 amide bonds. The van der Waals surface area contributed by atoms with Gasteiger partial charge in [-0.2, -0.15) is 0 Å². The molecule has 0 saturated heterocycles. The Balaban J connectivity index is 1.75. The van der Waals surface area contributed by atoms with Crippen LogP contribution in [0.3, 0.4) is 0 Å². The van der Waals surface area contributed by atoms with E-state index in [0.29, 0.717) is 5.92 Å². The summed E-state index contributed by atoms with van der Waals surface area (Å²) in [6, 6.07) is 8.71. The number of hydrogen-bond acceptors (Lipinski definition) is 2. The van der Waals surface area contributed by atoms with Gasteiger partial charge < -0.3 is 10.4 Å². The molecule has 0 heterocycles. The zero-order valence-electron chi connectivity index (χ0n) is 10.9. The maximum absolute atomic E-state index is 8.97. The lowest BCUT2D eigenvalue weighted by atomic mass is 9.77. The summed E-state index contributed by atoms with van der Waals surface area (Å²) in [7, 11) is 0. The van der Waals surface area contributed by atoms with E-state index in [1.165, 1.54) is 17.5 Å². The maximum atomic E-state index is 8.97. The lowest BCUT2D eigenvalue weighted by Gasteiger charge is -2.32. The van der Waals surface area contributed by atoms with Crippen molar-refractivity contribution in [2.75, 3.05) is 19.7 Å². The van der Waals surface area contributed by atoms with E-state index in [1.54, 1.807) is 0 Å². The predicted molar refractivity (Wildman–Crippen MR) is 71.2 cm³/mol. The molecule has 0 radical (unpaired) electrons. The Bertz CT molecular complexity index is 373. The van der Waals surface area contributed by atoms with Crippen LogP contribution in [0.4, 0.5) is 0 Å². The van der Waals surface area contributed by atoms with Gasteiger partial charge in [0.2, 0.25) is 0 Å². The van der Waals surface area contributed by atoms with Crippen LogP contribution >= 0.6 is 0 Å². The minimum Gasteiger partial charge on any atom is -0.396 e. The van der Waals surface area contributed by atoms with Gasteiger partial charge in [-0.25, -0.2) is 0 Å². The Kier molecular flexibility index (Phi) is 3.85. The van der Waals surface area contributed by atoms with Crippen molar-refractivity contribution < 1.29 is 5.11 Å². The Morgan fingerprint density at radius 1 is 1.35 bits per heavy atom. The van der Waals surface area contributed by atoms with E-state index in [0.717, 1.165) is 19.5 Å². The zero-order chi connectivity index (χ0) is 12.3. The van der Waals surface area contributed by atoms with Gasteiger partial charge in [-0.1, -0.05) is 38.1 Å². The van der Waals surface area contributed by atoms with Crippen LogP contribution in [-0.2, 0) is 6.42 Å². The number of benzene rings is 1. The molecule has 0 fully saturated rings. The van der Waals surface area contributed by atoms with Crippen molar-refractivity contribution in [1.82, 2.24) is 5.32 Å². The molecule has 0 saturated carbocycles. The van der Waals surface area contributed by atoms with Crippen LogP contribution in [0, 0.1) is 5.41 Å². The van der Waals surface area contributed by atoms with E-state index in [9.17, 15) is 0 Å². The van der Waals surface area contributed by atoms with Gasteiger partial charge in [-0.05, 0) is 29.4 Å². The van der Waals surface area contributed by atoms with E-state index < -0.39 is 0 Å². The predicted octanol–water partition coefficient (Wildman–Crippen LogP) is 2.32. The summed E-state index contributed by atoms with van der Waals surface area (Å²) in [4.78, 5) is 0. The highest BCUT2D eigenvalue weighted by molar-refractivity contribution is 5.40. The molecule has 2 heteroatoms. The van der Waals surface area contributed by atoms with E-state index >= 15 is 0 Å². The molecule has 94 valence electrons. The van der Waals surface area contributed by atoms with Crippen LogP contribution in [0.15, 0.2) is 24.3 Å². The Morgan fingerprint density at radius 3 is 2.82 bits per heavy atom. The molecule has 1 aromatic rings. The van der Waals surface area contributed by atoms with Crippen molar-refractivity contribution >= 4 is 0 Å². The van der Waals surface area contributed by atoms with Crippen LogP contribution in [0.2, 0.25) is 0 Å². The van der Waals surface area contributed by atoms with Gasteiger partial charge in [-0.3, -0.25) is 0 Å². The van der Waals surface area contributed by atoms with E-state index in [4.69, 9.17) is 5.11 Å². The molecule has 1 atom stereocenters. The molecule has 2 nitrogen and oxygen atoms in total. The molecule has 0 bridgehead atoms. The molecule has 1 unspecified atom stereocenters. The van der Waals surface area contributed by atoms with Crippen LogP contribution in [0.1, 0.15) is 37.3 Å². The van der Waals surface area contributed by atoms with E-state index in [1.807, 2.05) is 0 Å². The fourth-order valence-corrected chi connectivity index (χ4v) is 2.52. The van der Waals surface area contributed by atoms with E-state index in [-0.39, 0.29) is 12.0 Å². The molecular weight excluding hydrogens is 210 g/mol. The third-order valence-electron chi connectivity index (χ3n) is 3.74. The lowest BCUT2D eigenvalue weighted by Crippen LogP contribution is -2.35. The normalized spacial score (nSPS) is 18.6. The van der Waals surface area contributed by atoms with Crippen molar-refractivity contribution in [2.45, 2.75) is 32.6 Å². The third kappa shape index (κ3) is 3.08. The molecule has 0 aliphatic heterocycles. The molecule has 2 N–H and O–H groups in total. The third-order valence-corrected chi connectivity index (χ3v) is 3.74. The first-order chi connectivity index (χ1) is 8.12. The molecule has 17 heavy (non-hydrogen) atoms. The first-order valence-corrected chi connectivity index (χ1v) is 6.52. The van der Waals surface area contributed by atoms with Crippen molar-refractivity contribution in [1.29, 1.82) is 0 Å². The largest absolute Gasteiger partial charge is 0.396 e. The van der Waals surface area contributed by atoms with Crippen LogP contribution in [0.25, 0.3) is 0 Å². The standard InChI is InChI=1S/C15H23NO/c1-15(2,7-8-17)11-16-10-13-9-12-5-3-4-6-14(12)13/h3-6,13,16-17H,7-11H2,1-2H3.